The van der Waals surface area contributed by atoms with Crippen LogP contribution < -0.4 is 20.1 Å². The van der Waals surface area contributed by atoms with Gasteiger partial charge in [0.25, 0.3) is 0 Å². The van der Waals surface area contributed by atoms with Gasteiger partial charge in [-0.25, -0.2) is 4.99 Å². The summed E-state index contributed by atoms with van der Waals surface area (Å²) in [5.41, 5.74) is 2.19. The maximum absolute atomic E-state index is 8.93. The molecule has 6 nitrogen and oxygen atoms in total. The fourth-order valence-electron chi connectivity index (χ4n) is 2.58. The van der Waals surface area contributed by atoms with Crippen molar-refractivity contribution in [2.45, 2.75) is 39.8 Å². The van der Waals surface area contributed by atoms with Crippen molar-refractivity contribution in [3.05, 3.63) is 23.3 Å². The first-order chi connectivity index (χ1) is 11.2. The number of hydrogen-bond acceptors (Lipinski definition) is 4. The number of fused-ring (bicyclic) bond motifs is 1. The average molecular weight is 449 g/mol. The van der Waals surface area contributed by atoms with E-state index in [-0.39, 0.29) is 36.7 Å². The van der Waals surface area contributed by atoms with Gasteiger partial charge >= 0.3 is 0 Å². The standard InChI is InChI=1S/C17H27N3O3.HI/c1-4-18-17(19-6-7-21)20-11-14-10-16-13(8-12(3)23-16)9-15(14)22-5-2;/h9-10,12,21H,4-8,11H2,1-3H3,(H2,18,19,20);1H. The van der Waals surface area contributed by atoms with Crippen LogP contribution >= 0.6 is 24.0 Å². The molecule has 0 radical (unpaired) electrons. The fourth-order valence-corrected chi connectivity index (χ4v) is 2.58. The number of rotatable bonds is 7. The molecule has 0 aromatic heterocycles. The number of aliphatic hydroxyl groups is 1. The molecule has 1 aliphatic rings. The van der Waals surface area contributed by atoms with E-state index in [1.165, 1.54) is 5.56 Å². The van der Waals surface area contributed by atoms with Gasteiger partial charge in [-0.15, -0.1) is 24.0 Å². The smallest absolute Gasteiger partial charge is 0.191 e. The quantitative estimate of drug-likeness (QED) is 0.338. The average Bonchev–Trinajstić information content (AvgIpc) is 2.89. The molecule has 0 saturated carbocycles. The highest BCUT2D eigenvalue weighted by Crippen LogP contribution is 2.35. The lowest BCUT2D eigenvalue weighted by molar-refractivity contribution is 0.254. The Hall–Kier alpha value is -1.22. The molecular weight excluding hydrogens is 421 g/mol. The molecule has 7 heteroatoms. The Kier molecular flexibility index (Phi) is 9.20. The molecule has 2 rings (SSSR count). The highest BCUT2D eigenvalue weighted by Gasteiger charge is 2.21. The Morgan fingerprint density at radius 2 is 2.17 bits per heavy atom. The lowest BCUT2D eigenvalue weighted by atomic mass is 10.1. The van der Waals surface area contributed by atoms with Crippen molar-refractivity contribution in [3.8, 4) is 11.5 Å². The summed E-state index contributed by atoms with van der Waals surface area (Å²) in [6, 6.07) is 4.10. The molecule has 1 aromatic rings. The first kappa shape index (κ1) is 20.8. The van der Waals surface area contributed by atoms with Crippen LogP contribution in [-0.2, 0) is 13.0 Å². The number of guanidine groups is 1. The van der Waals surface area contributed by atoms with Gasteiger partial charge in [-0.1, -0.05) is 0 Å². The minimum absolute atomic E-state index is 0. The van der Waals surface area contributed by atoms with E-state index in [1.807, 2.05) is 19.9 Å². The van der Waals surface area contributed by atoms with Gasteiger partial charge in [-0.3, -0.25) is 0 Å². The van der Waals surface area contributed by atoms with Gasteiger partial charge < -0.3 is 25.2 Å². The van der Waals surface area contributed by atoms with Gasteiger partial charge in [0.2, 0.25) is 0 Å². The fraction of sp³-hybridized carbons (Fsp3) is 0.588. The molecular formula is C17H28IN3O3. The number of aliphatic imine (C=N–C) groups is 1. The van der Waals surface area contributed by atoms with E-state index >= 15 is 0 Å². The summed E-state index contributed by atoms with van der Waals surface area (Å²) in [6.45, 7) is 8.46. The number of hydrogen-bond donors (Lipinski definition) is 3. The second kappa shape index (κ2) is 10.6. The molecule has 1 atom stereocenters. The van der Waals surface area contributed by atoms with Crippen LogP contribution in [0.25, 0.3) is 0 Å². The molecule has 0 aliphatic carbocycles. The monoisotopic (exact) mass is 449 g/mol. The Bertz CT molecular complexity index is 552. The maximum atomic E-state index is 8.93. The zero-order valence-electron chi connectivity index (χ0n) is 14.6. The number of ether oxygens (including phenoxy) is 2. The van der Waals surface area contributed by atoms with Gasteiger partial charge in [0.15, 0.2) is 5.96 Å². The molecule has 1 unspecified atom stereocenters. The summed E-state index contributed by atoms with van der Waals surface area (Å²) in [5.74, 6) is 2.48. The minimum atomic E-state index is 0. The third-order valence-electron chi connectivity index (χ3n) is 3.53. The summed E-state index contributed by atoms with van der Waals surface area (Å²) in [5, 5.41) is 15.2. The highest BCUT2D eigenvalue weighted by molar-refractivity contribution is 14.0. The van der Waals surface area contributed by atoms with Crippen LogP contribution in [-0.4, -0.2) is 43.5 Å². The summed E-state index contributed by atoms with van der Waals surface area (Å²) >= 11 is 0. The second-order valence-corrected chi connectivity index (χ2v) is 5.48. The van der Waals surface area contributed by atoms with E-state index < -0.39 is 0 Å². The molecule has 1 aromatic carbocycles. The molecule has 0 fully saturated rings. The van der Waals surface area contributed by atoms with Gasteiger partial charge in [0, 0.05) is 30.6 Å². The molecule has 0 amide bonds. The van der Waals surface area contributed by atoms with Crippen LogP contribution in [0.4, 0.5) is 0 Å². The summed E-state index contributed by atoms with van der Waals surface area (Å²) in [4.78, 5) is 4.56. The van der Waals surface area contributed by atoms with Crippen LogP contribution in [0.3, 0.4) is 0 Å². The minimum Gasteiger partial charge on any atom is -0.494 e. The molecule has 1 heterocycles. The number of benzene rings is 1. The van der Waals surface area contributed by atoms with E-state index in [4.69, 9.17) is 14.6 Å². The third-order valence-corrected chi connectivity index (χ3v) is 3.53. The van der Waals surface area contributed by atoms with Crippen molar-refractivity contribution in [1.82, 2.24) is 10.6 Å². The SMILES string of the molecule is CCNC(=NCc1cc2c(cc1OCC)CC(C)O2)NCCO.I. The molecule has 0 saturated heterocycles. The van der Waals surface area contributed by atoms with Gasteiger partial charge in [0.05, 0.1) is 19.8 Å². The Morgan fingerprint density at radius 1 is 1.38 bits per heavy atom. The zero-order chi connectivity index (χ0) is 16.7. The van der Waals surface area contributed by atoms with Crippen molar-refractivity contribution >= 4 is 29.9 Å². The molecule has 3 N–H and O–H groups in total. The van der Waals surface area contributed by atoms with Crippen molar-refractivity contribution in [2.24, 2.45) is 4.99 Å². The molecule has 24 heavy (non-hydrogen) atoms. The largest absolute Gasteiger partial charge is 0.494 e. The normalized spacial score (nSPS) is 16.0. The highest BCUT2D eigenvalue weighted by atomic mass is 127. The van der Waals surface area contributed by atoms with E-state index in [1.54, 1.807) is 0 Å². The second-order valence-electron chi connectivity index (χ2n) is 5.48. The first-order valence-corrected chi connectivity index (χ1v) is 8.26. The third kappa shape index (κ3) is 5.70. The van der Waals surface area contributed by atoms with Gasteiger partial charge in [-0.2, -0.15) is 0 Å². The van der Waals surface area contributed by atoms with Crippen LogP contribution in [0, 0.1) is 0 Å². The van der Waals surface area contributed by atoms with Crippen LogP contribution in [0.5, 0.6) is 11.5 Å². The number of halogens is 1. The maximum Gasteiger partial charge on any atom is 0.191 e. The van der Waals surface area contributed by atoms with E-state index in [0.717, 1.165) is 30.0 Å². The molecule has 1 aliphatic heterocycles. The molecule has 0 bridgehead atoms. The summed E-state index contributed by atoms with van der Waals surface area (Å²) < 4.78 is 11.6. The lowest BCUT2D eigenvalue weighted by Crippen LogP contribution is -2.38. The summed E-state index contributed by atoms with van der Waals surface area (Å²) in [7, 11) is 0. The van der Waals surface area contributed by atoms with Crippen LogP contribution in [0.1, 0.15) is 31.9 Å². The van der Waals surface area contributed by atoms with Crippen molar-refractivity contribution in [1.29, 1.82) is 0 Å². The first-order valence-electron chi connectivity index (χ1n) is 8.26. The topological polar surface area (TPSA) is 75.1 Å². The van der Waals surface area contributed by atoms with Crippen molar-refractivity contribution < 1.29 is 14.6 Å². The summed E-state index contributed by atoms with van der Waals surface area (Å²) in [6.07, 6.45) is 1.13. The van der Waals surface area contributed by atoms with E-state index in [0.29, 0.717) is 25.7 Å². The zero-order valence-corrected chi connectivity index (χ0v) is 16.9. The number of nitrogens with zero attached hydrogens (tertiary/aromatic N) is 1. The Morgan fingerprint density at radius 3 is 2.83 bits per heavy atom. The lowest BCUT2D eigenvalue weighted by Gasteiger charge is -2.13. The van der Waals surface area contributed by atoms with E-state index in [9.17, 15) is 0 Å². The van der Waals surface area contributed by atoms with Crippen molar-refractivity contribution in [3.63, 3.8) is 0 Å². The van der Waals surface area contributed by atoms with Crippen molar-refractivity contribution in [2.75, 3.05) is 26.3 Å². The molecule has 136 valence electrons. The predicted molar refractivity (Wildman–Crippen MR) is 107 cm³/mol. The Balaban J connectivity index is 0.00000288. The number of aliphatic hydroxyl groups excluding tert-OH is 1. The van der Waals surface area contributed by atoms with Crippen LogP contribution in [0.2, 0.25) is 0 Å². The van der Waals surface area contributed by atoms with Gasteiger partial charge in [-0.05, 0) is 32.9 Å². The Labute approximate surface area is 161 Å². The number of nitrogens with one attached hydrogen (secondary N) is 2. The van der Waals surface area contributed by atoms with Gasteiger partial charge in [0.1, 0.15) is 17.6 Å². The predicted octanol–water partition coefficient (Wildman–Crippen LogP) is 2.07. The molecule has 0 spiro atoms. The van der Waals surface area contributed by atoms with E-state index in [2.05, 4.69) is 28.6 Å². The van der Waals surface area contributed by atoms with Crippen LogP contribution in [0.15, 0.2) is 17.1 Å².